The average molecular weight is 279 g/mol. The minimum atomic E-state index is -0.430. The Balaban J connectivity index is 2.17. The summed E-state index contributed by atoms with van der Waals surface area (Å²) in [6, 6.07) is 6.21. The quantitative estimate of drug-likeness (QED) is 0.413. The molecule has 2 N–H and O–H groups in total. The molecule has 1 amide bonds. The zero-order chi connectivity index (χ0) is 14.8. The van der Waals surface area contributed by atoms with Crippen LogP contribution in [0, 0.1) is 10.1 Å². The van der Waals surface area contributed by atoms with Crippen LogP contribution >= 0.6 is 0 Å². The van der Waals surface area contributed by atoms with Crippen molar-refractivity contribution in [3.05, 3.63) is 34.4 Å². The van der Waals surface area contributed by atoms with Gasteiger partial charge >= 0.3 is 0 Å². The molecule has 0 unspecified atom stereocenters. The lowest BCUT2D eigenvalue weighted by molar-refractivity contribution is -0.384. The molecule has 110 valence electrons. The van der Waals surface area contributed by atoms with Gasteiger partial charge in [0.05, 0.1) is 4.92 Å². The Kier molecular flexibility index (Phi) is 7.10. The predicted molar refractivity (Wildman–Crippen MR) is 78.7 cm³/mol. The topological polar surface area (TPSA) is 84.3 Å². The van der Waals surface area contributed by atoms with Crippen molar-refractivity contribution in [1.82, 2.24) is 5.32 Å². The number of carbonyl (C=O) groups is 1. The van der Waals surface area contributed by atoms with Gasteiger partial charge in [-0.2, -0.15) is 0 Å². The molecule has 6 heteroatoms. The van der Waals surface area contributed by atoms with Crippen molar-refractivity contribution in [3.63, 3.8) is 0 Å². The van der Waals surface area contributed by atoms with Crippen LogP contribution in [0.25, 0.3) is 0 Å². The van der Waals surface area contributed by atoms with Crippen molar-refractivity contribution < 1.29 is 9.72 Å². The van der Waals surface area contributed by atoms with Gasteiger partial charge in [-0.05, 0) is 18.6 Å². The molecule has 0 aliphatic rings. The van der Waals surface area contributed by atoms with E-state index in [2.05, 4.69) is 17.6 Å². The highest BCUT2D eigenvalue weighted by Gasteiger charge is 2.03. The van der Waals surface area contributed by atoms with Gasteiger partial charge in [-0.3, -0.25) is 14.9 Å². The lowest BCUT2D eigenvalue weighted by Crippen LogP contribution is -2.28. The molecule has 6 nitrogen and oxygen atoms in total. The van der Waals surface area contributed by atoms with Crippen LogP contribution in [0.15, 0.2) is 24.3 Å². The number of nitrogens with one attached hydrogen (secondary N) is 2. The number of non-ortho nitro benzene ring substituents is 1. The zero-order valence-corrected chi connectivity index (χ0v) is 11.7. The maximum atomic E-state index is 11.4. The van der Waals surface area contributed by atoms with Crippen LogP contribution in [0.1, 0.15) is 32.6 Å². The van der Waals surface area contributed by atoms with E-state index >= 15 is 0 Å². The second kappa shape index (κ2) is 8.90. The van der Waals surface area contributed by atoms with Crippen LogP contribution in [0.5, 0.6) is 0 Å². The van der Waals surface area contributed by atoms with E-state index in [1.165, 1.54) is 12.1 Å². The first-order chi connectivity index (χ1) is 9.63. The molecule has 1 aromatic carbocycles. The fourth-order valence-corrected chi connectivity index (χ4v) is 1.73. The molecule has 0 aromatic heterocycles. The van der Waals surface area contributed by atoms with E-state index in [1.54, 1.807) is 12.1 Å². The lowest BCUT2D eigenvalue weighted by atomic mass is 10.2. The summed E-state index contributed by atoms with van der Waals surface area (Å²) in [5.41, 5.74) is 0.871. The molecule has 0 heterocycles. The van der Waals surface area contributed by atoms with Gasteiger partial charge in [0.25, 0.3) is 5.69 Å². The van der Waals surface area contributed by atoms with E-state index < -0.39 is 4.92 Å². The second-order valence-electron chi connectivity index (χ2n) is 4.54. The first kappa shape index (κ1) is 15.9. The van der Waals surface area contributed by atoms with Gasteiger partial charge in [-0.1, -0.05) is 19.8 Å². The largest absolute Gasteiger partial charge is 0.383 e. The summed E-state index contributed by atoms with van der Waals surface area (Å²) < 4.78 is 0. The Morgan fingerprint density at radius 2 is 1.90 bits per heavy atom. The average Bonchev–Trinajstić information content (AvgIpc) is 2.44. The normalized spacial score (nSPS) is 10.1. The first-order valence-electron chi connectivity index (χ1n) is 6.88. The van der Waals surface area contributed by atoms with Crippen molar-refractivity contribution in [3.8, 4) is 0 Å². The van der Waals surface area contributed by atoms with Crippen LogP contribution in [0.3, 0.4) is 0 Å². The monoisotopic (exact) mass is 279 g/mol. The zero-order valence-electron chi connectivity index (χ0n) is 11.7. The van der Waals surface area contributed by atoms with Crippen molar-refractivity contribution in [2.75, 3.05) is 18.4 Å². The standard InChI is InChI=1S/C14H21N3O3/c1-2-3-4-5-14(18)16-11-10-15-12-6-8-13(9-7-12)17(19)20/h6-9,15H,2-5,10-11H2,1H3,(H,16,18). The second-order valence-corrected chi connectivity index (χ2v) is 4.54. The molecule has 0 bridgehead atoms. The van der Waals surface area contributed by atoms with Gasteiger partial charge in [0.15, 0.2) is 0 Å². The summed E-state index contributed by atoms with van der Waals surface area (Å²) in [7, 11) is 0. The predicted octanol–water partition coefficient (Wildman–Crippen LogP) is 2.70. The van der Waals surface area contributed by atoms with Gasteiger partial charge < -0.3 is 10.6 Å². The van der Waals surface area contributed by atoms with Crippen LogP contribution in [-0.4, -0.2) is 23.9 Å². The van der Waals surface area contributed by atoms with Crippen molar-refractivity contribution in [2.45, 2.75) is 32.6 Å². The maximum Gasteiger partial charge on any atom is 0.269 e. The Bertz CT molecular complexity index is 432. The number of amides is 1. The summed E-state index contributed by atoms with van der Waals surface area (Å²) in [6.07, 6.45) is 3.69. The minimum Gasteiger partial charge on any atom is -0.383 e. The number of unbranched alkanes of at least 4 members (excludes halogenated alkanes) is 2. The lowest BCUT2D eigenvalue weighted by Gasteiger charge is -2.07. The van der Waals surface area contributed by atoms with E-state index in [4.69, 9.17) is 0 Å². The Morgan fingerprint density at radius 3 is 2.50 bits per heavy atom. The number of hydrogen-bond acceptors (Lipinski definition) is 4. The fraction of sp³-hybridized carbons (Fsp3) is 0.500. The third-order valence-corrected chi connectivity index (χ3v) is 2.86. The molecule has 1 aromatic rings. The number of benzene rings is 1. The smallest absolute Gasteiger partial charge is 0.269 e. The molecule has 0 saturated heterocycles. The SMILES string of the molecule is CCCCCC(=O)NCCNc1ccc([N+](=O)[O-])cc1. The molecule has 20 heavy (non-hydrogen) atoms. The Labute approximate surface area is 118 Å². The fourth-order valence-electron chi connectivity index (χ4n) is 1.73. The van der Waals surface area contributed by atoms with Crippen LogP contribution in [-0.2, 0) is 4.79 Å². The highest BCUT2D eigenvalue weighted by molar-refractivity contribution is 5.75. The van der Waals surface area contributed by atoms with Crippen LogP contribution in [0.2, 0.25) is 0 Å². The van der Waals surface area contributed by atoms with Gasteiger partial charge in [0, 0.05) is 37.3 Å². The Hall–Kier alpha value is -2.11. The molecule has 0 radical (unpaired) electrons. The van der Waals surface area contributed by atoms with E-state index in [-0.39, 0.29) is 11.6 Å². The summed E-state index contributed by atoms with van der Waals surface area (Å²) in [6.45, 7) is 3.24. The third kappa shape index (κ3) is 6.17. The number of nitro groups is 1. The third-order valence-electron chi connectivity index (χ3n) is 2.86. The number of hydrogen-bond donors (Lipinski definition) is 2. The van der Waals surface area contributed by atoms with Gasteiger partial charge in [-0.25, -0.2) is 0 Å². The molecule has 0 atom stereocenters. The van der Waals surface area contributed by atoms with Crippen LogP contribution < -0.4 is 10.6 Å². The summed E-state index contributed by atoms with van der Waals surface area (Å²) >= 11 is 0. The van der Waals surface area contributed by atoms with E-state index in [1.807, 2.05) is 0 Å². The Morgan fingerprint density at radius 1 is 1.20 bits per heavy atom. The molecule has 0 aliphatic heterocycles. The van der Waals surface area contributed by atoms with Gasteiger partial charge in [-0.15, -0.1) is 0 Å². The summed E-state index contributed by atoms with van der Waals surface area (Å²) in [5.74, 6) is 0.0731. The molecule has 1 rings (SSSR count). The highest BCUT2D eigenvalue weighted by atomic mass is 16.6. The first-order valence-corrected chi connectivity index (χ1v) is 6.88. The van der Waals surface area contributed by atoms with Crippen molar-refractivity contribution >= 4 is 17.3 Å². The van der Waals surface area contributed by atoms with E-state index in [0.717, 1.165) is 24.9 Å². The maximum absolute atomic E-state index is 11.4. The van der Waals surface area contributed by atoms with Gasteiger partial charge in [0.2, 0.25) is 5.91 Å². The number of nitrogens with zero attached hydrogens (tertiary/aromatic N) is 1. The number of nitro benzene ring substituents is 1. The van der Waals surface area contributed by atoms with Gasteiger partial charge in [0.1, 0.15) is 0 Å². The van der Waals surface area contributed by atoms with E-state index in [9.17, 15) is 14.9 Å². The molecule has 0 saturated carbocycles. The molecule has 0 fully saturated rings. The highest BCUT2D eigenvalue weighted by Crippen LogP contribution is 2.14. The summed E-state index contributed by atoms with van der Waals surface area (Å²) in [4.78, 5) is 21.5. The number of rotatable bonds is 9. The minimum absolute atomic E-state index is 0.0692. The molecular formula is C14H21N3O3. The number of anilines is 1. The molecule has 0 spiro atoms. The molecular weight excluding hydrogens is 258 g/mol. The van der Waals surface area contributed by atoms with Crippen LogP contribution in [0.4, 0.5) is 11.4 Å². The van der Waals surface area contributed by atoms with Crippen molar-refractivity contribution in [2.24, 2.45) is 0 Å². The molecule has 0 aliphatic carbocycles. The van der Waals surface area contributed by atoms with E-state index in [0.29, 0.717) is 19.5 Å². The number of carbonyl (C=O) groups excluding carboxylic acids is 1. The van der Waals surface area contributed by atoms with Crippen molar-refractivity contribution in [1.29, 1.82) is 0 Å². The summed E-state index contributed by atoms with van der Waals surface area (Å²) in [5, 5.41) is 16.4.